The van der Waals surface area contributed by atoms with Crippen molar-refractivity contribution in [3.63, 3.8) is 0 Å². The molecule has 8 nitrogen and oxygen atoms in total. The van der Waals surface area contributed by atoms with Crippen LogP contribution < -0.4 is 5.32 Å². The van der Waals surface area contributed by atoms with E-state index in [1.54, 1.807) is 19.4 Å². The summed E-state index contributed by atoms with van der Waals surface area (Å²) >= 11 is 0. The number of aromatic amines is 1. The molecule has 0 saturated carbocycles. The first kappa shape index (κ1) is 18.8. The van der Waals surface area contributed by atoms with Crippen LogP contribution in [0.4, 0.5) is 0 Å². The Morgan fingerprint density at radius 1 is 1.38 bits per heavy atom. The largest absolute Gasteiger partial charge is 0.385 e. The lowest BCUT2D eigenvalue weighted by Crippen LogP contribution is -2.58. The highest BCUT2D eigenvalue weighted by Gasteiger charge is 2.38. The van der Waals surface area contributed by atoms with Crippen molar-refractivity contribution in [2.24, 2.45) is 5.92 Å². The molecular formula is C18H28N4O4. The van der Waals surface area contributed by atoms with E-state index in [9.17, 15) is 9.59 Å². The predicted octanol–water partition coefficient (Wildman–Crippen LogP) is 0.964. The van der Waals surface area contributed by atoms with Gasteiger partial charge < -0.3 is 19.7 Å². The molecule has 0 aliphatic carbocycles. The van der Waals surface area contributed by atoms with Crippen molar-refractivity contribution in [1.29, 1.82) is 0 Å². The first-order valence-corrected chi connectivity index (χ1v) is 9.31. The SMILES string of the molecule is COCCC1(NC(=O)C2CCOCC2)CCN(C(=O)c2ccn[nH]2)CC1. The molecule has 0 aromatic carbocycles. The molecule has 0 radical (unpaired) electrons. The summed E-state index contributed by atoms with van der Waals surface area (Å²) in [6, 6.07) is 1.68. The van der Waals surface area contributed by atoms with Crippen LogP contribution in [-0.2, 0) is 14.3 Å². The zero-order valence-electron chi connectivity index (χ0n) is 15.3. The van der Waals surface area contributed by atoms with Gasteiger partial charge in [-0.1, -0.05) is 0 Å². The lowest BCUT2D eigenvalue weighted by molar-refractivity contribution is -0.130. The molecule has 0 bridgehead atoms. The van der Waals surface area contributed by atoms with Crippen LogP contribution in [0.2, 0.25) is 0 Å². The Morgan fingerprint density at radius 3 is 2.73 bits per heavy atom. The zero-order valence-corrected chi connectivity index (χ0v) is 15.3. The number of carbonyl (C=O) groups is 2. The third-order valence-electron chi connectivity index (χ3n) is 5.50. The number of methoxy groups -OCH3 is 1. The smallest absolute Gasteiger partial charge is 0.271 e. The van der Waals surface area contributed by atoms with Gasteiger partial charge in [-0.2, -0.15) is 5.10 Å². The van der Waals surface area contributed by atoms with Crippen molar-refractivity contribution in [3.05, 3.63) is 18.0 Å². The quantitative estimate of drug-likeness (QED) is 0.784. The van der Waals surface area contributed by atoms with Crippen molar-refractivity contribution in [2.75, 3.05) is 40.0 Å². The molecule has 0 unspecified atom stereocenters. The second-order valence-electron chi connectivity index (χ2n) is 7.16. The van der Waals surface area contributed by atoms with E-state index >= 15 is 0 Å². The van der Waals surface area contributed by atoms with E-state index in [2.05, 4.69) is 15.5 Å². The van der Waals surface area contributed by atoms with Gasteiger partial charge >= 0.3 is 0 Å². The van der Waals surface area contributed by atoms with E-state index < -0.39 is 0 Å². The molecule has 2 amide bonds. The van der Waals surface area contributed by atoms with Gasteiger partial charge in [-0.15, -0.1) is 0 Å². The summed E-state index contributed by atoms with van der Waals surface area (Å²) in [6.45, 7) is 3.10. The maximum Gasteiger partial charge on any atom is 0.271 e. The number of ether oxygens (including phenoxy) is 2. The summed E-state index contributed by atoms with van der Waals surface area (Å²) in [6.07, 6.45) is 5.34. The van der Waals surface area contributed by atoms with Crippen LogP contribution in [0.25, 0.3) is 0 Å². The highest BCUT2D eigenvalue weighted by molar-refractivity contribution is 5.92. The molecule has 26 heavy (non-hydrogen) atoms. The second kappa shape index (κ2) is 8.64. The van der Waals surface area contributed by atoms with Crippen LogP contribution in [0, 0.1) is 5.92 Å². The first-order valence-electron chi connectivity index (χ1n) is 9.31. The monoisotopic (exact) mass is 364 g/mol. The molecule has 1 aromatic heterocycles. The highest BCUT2D eigenvalue weighted by atomic mass is 16.5. The maximum absolute atomic E-state index is 12.7. The van der Waals surface area contributed by atoms with Crippen molar-refractivity contribution in [1.82, 2.24) is 20.4 Å². The summed E-state index contributed by atoms with van der Waals surface area (Å²) in [4.78, 5) is 27.0. The minimum Gasteiger partial charge on any atom is -0.385 e. The Balaban J connectivity index is 1.61. The van der Waals surface area contributed by atoms with Crippen molar-refractivity contribution in [2.45, 2.75) is 37.6 Å². The Hall–Kier alpha value is -1.93. The molecule has 1 aromatic rings. The topological polar surface area (TPSA) is 96.6 Å². The third kappa shape index (κ3) is 4.42. The van der Waals surface area contributed by atoms with Gasteiger partial charge in [0, 0.05) is 57.7 Å². The Labute approximate surface area is 153 Å². The Kier molecular flexibility index (Phi) is 6.26. The molecule has 2 N–H and O–H groups in total. The minimum absolute atomic E-state index is 0.0211. The normalized spacial score (nSPS) is 20.7. The molecule has 144 valence electrons. The fourth-order valence-corrected chi connectivity index (χ4v) is 3.74. The number of piperidine rings is 1. The van der Waals surface area contributed by atoms with Crippen LogP contribution >= 0.6 is 0 Å². The average Bonchev–Trinajstić information content (AvgIpc) is 3.22. The van der Waals surface area contributed by atoms with Gasteiger partial charge in [-0.25, -0.2) is 0 Å². The third-order valence-corrected chi connectivity index (χ3v) is 5.50. The predicted molar refractivity (Wildman–Crippen MR) is 94.6 cm³/mol. The lowest BCUT2D eigenvalue weighted by atomic mass is 9.83. The number of amides is 2. The standard InChI is InChI=1S/C18H28N4O4/c1-25-13-7-18(20-16(23)14-3-11-26-12-4-14)5-9-22(10-6-18)17(24)15-2-8-19-21-15/h2,8,14H,3-7,9-13H2,1H3,(H,19,21)(H,20,23). The molecular weight excluding hydrogens is 336 g/mol. The number of carbonyl (C=O) groups excluding carboxylic acids is 2. The number of hydrogen-bond acceptors (Lipinski definition) is 5. The number of rotatable bonds is 6. The van der Waals surface area contributed by atoms with Crippen LogP contribution in [0.5, 0.6) is 0 Å². The molecule has 3 rings (SSSR count). The van der Waals surface area contributed by atoms with Crippen molar-refractivity contribution >= 4 is 11.8 Å². The van der Waals surface area contributed by atoms with Gasteiger partial charge in [-0.3, -0.25) is 14.7 Å². The summed E-state index contributed by atoms with van der Waals surface area (Å²) in [5.41, 5.74) is 0.191. The van der Waals surface area contributed by atoms with E-state index in [1.165, 1.54) is 0 Å². The maximum atomic E-state index is 12.7. The molecule has 0 spiro atoms. The van der Waals surface area contributed by atoms with Crippen LogP contribution in [-0.4, -0.2) is 72.5 Å². The molecule has 0 atom stereocenters. The Bertz CT molecular complexity index is 590. The molecule has 2 saturated heterocycles. The fraction of sp³-hybridized carbons (Fsp3) is 0.722. The van der Waals surface area contributed by atoms with Gasteiger partial charge in [0.25, 0.3) is 5.91 Å². The average molecular weight is 364 g/mol. The van der Waals surface area contributed by atoms with E-state index in [-0.39, 0.29) is 23.3 Å². The van der Waals surface area contributed by atoms with Gasteiger partial charge in [0.05, 0.1) is 0 Å². The highest BCUT2D eigenvalue weighted by Crippen LogP contribution is 2.28. The van der Waals surface area contributed by atoms with E-state index in [0.717, 1.165) is 32.1 Å². The molecule has 3 heterocycles. The molecule has 2 fully saturated rings. The fourth-order valence-electron chi connectivity index (χ4n) is 3.74. The Morgan fingerprint density at radius 2 is 2.12 bits per heavy atom. The second-order valence-corrected chi connectivity index (χ2v) is 7.16. The van der Waals surface area contributed by atoms with Gasteiger partial charge in [0.1, 0.15) is 5.69 Å². The molecule has 2 aliphatic heterocycles. The minimum atomic E-state index is -0.309. The van der Waals surface area contributed by atoms with Crippen molar-refractivity contribution in [3.8, 4) is 0 Å². The number of hydrogen-bond donors (Lipinski definition) is 2. The zero-order chi connectivity index (χ0) is 18.4. The van der Waals surface area contributed by atoms with Gasteiger partial charge in [0.15, 0.2) is 0 Å². The van der Waals surface area contributed by atoms with Gasteiger partial charge in [-0.05, 0) is 38.2 Å². The van der Waals surface area contributed by atoms with Crippen LogP contribution in [0.15, 0.2) is 12.3 Å². The number of H-pyrrole nitrogens is 1. The number of aromatic nitrogens is 2. The summed E-state index contributed by atoms with van der Waals surface area (Å²) < 4.78 is 10.6. The van der Waals surface area contributed by atoms with E-state index in [1.807, 2.05) is 4.90 Å². The number of nitrogens with zero attached hydrogens (tertiary/aromatic N) is 2. The lowest BCUT2D eigenvalue weighted by Gasteiger charge is -2.43. The number of likely N-dealkylation sites (tertiary alicyclic amines) is 1. The van der Waals surface area contributed by atoms with Gasteiger partial charge in [0.2, 0.25) is 5.91 Å². The number of nitrogens with one attached hydrogen (secondary N) is 2. The van der Waals surface area contributed by atoms with E-state index in [4.69, 9.17) is 9.47 Å². The van der Waals surface area contributed by atoms with Crippen LogP contribution in [0.3, 0.4) is 0 Å². The molecule has 2 aliphatic rings. The van der Waals surface area contributed by atoms with Crippen molar-refractivity contribution < 1.29 is 19.1 Å². The summed E-state index contributed by atoms with van der Waals surface area (Å²) in [7, 11) is 1.67. The molecule has 8 heteroatoms. The summed E-state index contributed by atoms with van der Waals surface area (Å²) in [5.74, 6) is 0.0872. The van der Waals surface area contributed by atoms with E-state index in [0.29, 0.717) is 38.6 Å². The first-order chi connectivity index (χ1) is 12.6. The summed E-state index contributed by atoms with van der Waals surface area (Å²) in [5, 5.41) is 9.86. The van der Waals surface area contributed by atoms with Crippen LogP contribution in [0.1, 0.15) is 42.6 Å².